The smallest absolute Gasteiger partial charge is 0.407 e. The number of aliphatic hydroxyl groups is 2. The largest absolute Gasteiger partial charge is 0.444 e. The van der Waals surface area contributed by atoms with Crippen LogP contribution in [0.4, 0.5) is 4.79 Å². The minimum absolute atomic E-state index is 0.0547. The van der Waals surface area contributed by atoms with E-state index in [0.717, 1.165) is 19.4 Å². The molecule has 0 heterocycles. The van der Waals surface area contributed by atoms with Gasteiger partial charge in [-0.25, -0.2) is 4.79 Å². The van der Waals surface area contributed by atoms with Gasteiger partial charge in [0.05, 0.1) is 6.10 Å². The van der Waals surface area contributed by atoms with Crippen molar-refractivity contribution in [3.8, 4) is 0 Å². The lowest BCUT2D eigenvalue weighted by Gasteiger charge is -2.28. The number of rotatable bonds is 6. The molecule has 6 nitrogen and oxygen atoms in total. The third-order valence-electron chi connectivity index (χ3n) is 3.85. The first kappa shape index (κ1) is 18.2. The lowest BCUT2D eigenvalue weighted by molar-refractivity contribution is 0.0421. The Bertz CT molecular complexity index is 330. The van der Waals surface area contributed by atoms with Crippen molar-refractivity contribution in [3.63, 3.8) is 0 Å². The van der Waals surface area contributed by atoms with Crippen molar-refractivity contribution in [1.29, 1.82) is 0 Å². The highest BCUT2D eigenvalue weighted by Gasteiger charge is 2.36. The second-order valence-electron chi connectivity index (χ2n) is 6.84. The predicted molar refractivity (Wildman–Crippen MR) is 81.1 cm³/mol. The molecule has 1 aliphatic rings. The number of alkyl carbamates (subject to hydrolysis) is 1. The maximum absolute atomic E-state index is 11.6. The first-order valence-corrected chi connectivity index (χ1v) is 7.70. The zero-order valence-electron chi connectivity index (χ0n) is 13.6. The molecule has 1 fully saturated rings. The first-order valence-electron chi connectivity index (χ1n) is 7.70. The van der Waals surface area contributed by atoms with Crippen molar-refractivity contribution in [1.82, 2.24) is 10.2 Å². The number of ether oxygens (including phenoxy) is 1. The van der Waals surface area contributed by atoms with Gasteiger partial charge in [0.15, 0.2) is 0 Å². The number of likely N-dealkylation sites (N-methyl/N-ethyl adjacent to an activating group) is 1. The number of nitrogens with zero attached hydrogens (tertiary/aromatic N) is 1. The van der Waals surface area contributed by atoms with E-state index in [1.165, 1.54) is 0 Å². The molecule has 0 aliphatic heterocycles. The number of hydrogen-bond donors (Lipinski definition) is 3. The van der Waals surface area contributed by atoms with E-state index < -0.39 is 17.8 Å². The Labute approximate surface area is 127 Å². The van der Waals surface area contributed by atoms with E-state index >= 15 is 0 Å². The highest BCUT2D eigenvalue weighted by atomic mass is 16.6. The number of amides is 1. The zero-order chi connectivity index (χ0) is 16.0. The monoisotopic (exact) mass is 302 g/mol. The summed E-state index contributed by atoms with van der Waals surface area (Å²) in [5.74, 6) is 0.0547. The normalized spacial score (nSPS) is 26.1. The number of carbonyl (C=O) groups is 1. The fourth-order valence-electron chi connectivity index (χ4n) is 2.76. The molecular formula is C15H30N2O4. The number of nitrogens with one attached hydrogen (secondary N) is 1. The number of aliphatic hydroxyl groups excluding tert-OH is 2. The van der Waals surface area contributed by atoms with Gasteiger partial charge in [-0.3, -0.25) is 0 Å². The second-order valence-corrected chi connectivity index (χ2v) is 6.84. The number of hydrogen-bond acceptors (Lipinski definition) is 5. The van der Waals surface area contributed by atoms with Crippen LogP contribution in [0, 0.1) is 5.92 Å². The van der Waals surface area contributed by atoms with Crippen LogP contribution in [-0.4, -0.2) is 65.7 Å². The van der Waals surface area contributed by atoms with Crippen LogP contribution in [-0.2, 0) is 4.74 Å². The molecule has 6 heteroatoms. The van der Waals surface area contributed by atoms with E-state index in [4.69, 9.17) is 9.84 Å². The quantitative estimate of drug-likeness (QED) is 0.681. The third kappa shape index (κ3) is 6.20. The molecule has 1 rings (SSSR count). The van der Waals surface area contributed by atoms with Gasteiger partial charge in [-0.05, 0) is 47.1 Å². The Morgan fingerprint density at radius 3 is 2.62 bits per heavy atom. The highest BCUT2D eigenvalue weighted by molar-refractivity contribution is 5.67. The summed E-state index contributed by atoms with van der Waals surface area (Å²) in [6, 6.07) is 0.0991. The molecule has 1 saturated carbocycles. The molecule has 1 unspecified atom stereocenters. The van der Waals surface area contributed by atoms with Crippen molar-refractivity contribution in [2.24, 2.45) is 5.92 Å². The topological polar surface area (TPSA) is 82.0 Å². The Morgan fingerprint density at radius 1 is 1.38 bits per heavy atom. The summed E-state index contributed by atoms with van der Waals surface area (Å²) in [5.41, 5.74) is -0.509. The minimum Gasteiger partial charge on any atom is -0.444 e. The van der Waals surface area contributed by atoms with E-state index in [9.17, 15) is 9.90 Å². The average Bonchev–Trinajstić information content (AvgIpc) is 2.73. The summed E-state index contributed by atoms with van der Waals surface area (Å²) >= 11 is 0. The summed E-state index contributed by atoms with van der Waals surface area (Å²) in [6.07, 6.45) is 1.60. The Balaban J connectivity index is 2.36. The van der Waals surface area contributed by atoms with Crippen molar-refractivity contribution in [2.75, 3.05) is 26.7 Å². The van der Waals surface area contributed by atoms with Crippen LogP contribution in [0.15, 0.2) is 0 Å². The minimum atomic E-state index is -0.509. The standard InChI is InChI=1S/C15H30N2O4/c1-15(2,3)21-14(20)16-10-11-6-7-12(13(11)19)17(4)8-5-9-18/h11-13,18-19H,5-10H2,1-4H3,(H,16,20)/t11-,12?,13+/m0/s1. The molecule has 3 atom stereocenters. The van der Waals surface area contributed by atoms with Gasteiger partial charge in [0.25, 0.3) is 0 Å². The Morgan fingerprint density at radius 2 is 2.05 bits per heavy atom. The van der Waals surface area contributed by atoms with Crippen molar-refractivity contribution in [2.45, 2.75) is 57.8 Å². The van der Waals surface area contributed by atoms with Gasteiger partial charge in [-0.15, -0.1) is 0 Å². The average molecular weight is 302 g/mol. The van der Waals surface area contributed by atoms with Crippen molar-refractivity contribution < 1.29 is 19.7 Å². The van der Waals surface area contributed by atoms with Crippen LogP contribution >= 0.6 is 0 Å². The van der Waals surface area contributed by atoms with E-state index in [2.05, 4.69) is 10.2 Å². The predicted octanol–water partition coefficient (Wildman–Crippen LogP) is 0.965. The maximum Gasteiger partial charge on any atom is 0.407 e. The molecule has 0 bridgehead atoms. The molecule has 1 aliphatic carbocycles. The second kappa shape index (κ2) is 7.96. The summed E-state index contributed by atoms with van der Waals surface area (Å²) in [5, 5.41) is 22.0. The third-order valence-corrected chi connectivity index (χ3v) is 3.85. The van der Waals surface area contributed by atoms with Crippen LogP contribution in [0.25, 0.3) is 0 Å². The first-order chi connectivity index (χ1) is 9.74. The van der Waals surface area contributed by atoms with Crippen LogP contribution in [0.2, 0.25) is 0 Å². The highest BCUT2D eigenvalue weighted by Crippen LogP contribution is 2.29. The van der Waals surface area contributed by atoms with Crippen molar-refractivity contribution >= 4 is 6.09 Å². The summed E-state index contributed by atoms with van der Waals surface area (Å²) in [7, 11) is 1.97. The van der Waals surface area contributed by atoms with E-state index in [-0.39, 0.29) is 18.6 Å². The lowest BCUT2D eigenvalue weighted by atomic mass is 10.0. The van der Waals surface area contributed by atoms with Gasteiger partial charge in [-0.1, -0.05) is 0 Å². The van der Waals surface area contributed by atoms with Crippen LogP contribution < -0.4 is 5.32 Å². The molecule has 21 heavy (non-hydrogen) atoms. The fourth-order valence-corrected chi connectivity index (χ4v) is 2.76. The molecule has 0 aromatic heterocycles. The molecule has 0 saturated heterocycles. The van der Waals surface area contributed by atoms with Crippen LogP contribution in [0.3, 0.4) is 0 Å². The van der Waals surface area contributed by atoms with Crippen LogP contribution in [0.5, 0.6) is 0 Å². The SMILES string of the molecule is CN(CCCO)C1CC[C@@H](CNC(=O)OC(C)(C)C)[C@H]1O. The summed E-state index contributed by atoms with van der Waals surface area (Å²) in [6.45, 7) is 6.83. The number of carbonyl (C=O) groups excluding carboxylic acids is 1. The lowest BCUT2D eigenvalue weighted by Crippen LogP contribution is -2.43. The molecule has 0 spiro atoms. The molecule has 3 N–H and O–H groups in total. The Hall–Kier alpha value is -0.850. The van der Waals surface area contributed by atoms with Gasteiger partial charge >= 0.3 is 6.09 Å². The van der Waals surface area contributed by atoms with E-state index in [0.29, 0.717) is 13.0 Å². The van der Waals surface area contributed by atoms with Crippen LogP contribution in [0.1, 0.15) is 40.0 Å². The van der Waals surface area contributed by atoms with Gasteiger partial charge < -0.3 is 25.2 Å². The summed E-state index contributed by atoms with van der Waals surface area (Å²) in [4.78, 5) is 13.7. The fraction of sp³-hybridized carbons (Fsp3) is 0.933. The summed E-state index contributed by atoms with van der Waals surface area (Å²) < 4.78 is 5.19. The molecular weight excluding hydrogens is 272 g/mol. The molecule has 0 radical (unpaired) electrons. The van der Waals surface area contributed by atoms with Crippen molar-refractivity contribution in [3.05, 3.63) is 0 Å². The van der Waals surface area contributed by atoms with E-state index in [1.807, 2.05) is 27.8 Å². The van der Waals surface area contributed by atoms with Gasteiger partial charge in [-0.2, -0.15) is 0 Å². The zero-order valence-corrected chi connectivity index (χ0v) is 13.6. The molecule has 0 aromatic carbocycles. The van der Waals surface area contributed by atoms with Gasteiger partial charge in [0.2, 0.25) is 0 Å². The van der Waals surface area contributed by atoms with E-state index in [1.54, 1.807) is 0 Å². The molecule has 1 amide bonds. The molecule has 124 valence electrons. The van der Waals surface area contributed by atoms with Gasteiger partial charge in [0.1, 0.15) is 5.60 Å². The maximum atomic E-state index is 11.6. The molecule has 0 aromatic rings. The Kier molecular flexibility index (Phi) is 6.90. The van der Waals surface area contributed by atoms with Gasteiger partial charge in [0, 0.05) is 31.7 Å².